The Balaban J connectivity index is 1.63. The first-order valence-electron chi connectivity index (χ1n) is 8.02. The van der Waals surface area contributed by atoms with Crippen LogP contribution in [0.5, 0.6) is 0 Å². The van der Waals surface area contributed by atoms with E-state index in [1.807, 2.05) is 0 Å². The van der Waals surface area contributed by atoms with Crippen LogP contribution in [0.1, 0.15) is 32.6 Å². The van der Waals surface area contributed by atoms with Crippen LogP contribution in [0.2, 0.25) is 0 Å². The standard InChI is InChI=1S/C15H28N2O2S/c1-12-10-17(11-14(9-16)19-12)13-2-5-18-15(8-13)3-6-20-7-4-15/h12-14H,2-11,16H2,1H3. The lowest BCUT2D eigenvalue weighted by molar-refractivity contribution is -0.138. The molecule has 0 aromatic carbocycles. The van der Waals surface area contributed by atoms with Crippen molar-refractivity contribution in [1.29, 1.82) is 0 Å². The molecule has 3 atom stereocenters. The summed E-state index contributed by atoms with van der Waals surface area (Å²) < 4.78 is 12.1. The Morgan fingerprint density at radius 3 is 2.85 bits per heavy atom. The molecule has 3 aliphatic rings. The number of hydrogen-bond donors (Lipinski definition) is 1. The third kappa shape index (κ3) is 3.33. The Morgan fingerprint density at radius 1 is 1.30 bits per heavy atom. The van der Waals surface area contributed by atoms with Crippen molar-refractivity contribution in [2.75, 3.05) is 37.7 Å². The molecular formula is C15H28N2O2S. The maximum Gasteiger partial charge on any atom is 0.0828 e. The minimum atomic E-state index is 0.175. The normalized spacial score (nSPS) is 39.0. The number of ether oxygens (including phenoxy) is 2. The van der Waals surface area contributed by atoms with E-state index in [0.717, 1.165) is 19.7 Å². The van der Waals surface area contributed by atoms with E-state index in [2.05, 4.69) is 23.6 Å². The highest BCUT2D eigenvalue weighted by Gasteiger charge is 2.41. The topological polar surface area (TPSA) is 47.7 Å². The van der Waals surface area contributed by atoms with Gasteiger partial charge >= 0.3 is 0 Å². The van der Waals surface area contributed by atoms with Crippen LogP contribution in [0.15, 0.2) is 0 Å². The average Bonchev–Trinajstić information content (AvgIpc) is 2.47. The highest BCUT2D eigenvalue weighted by molar-refractivity contribution is 7.99. The van der Waals surface area contributed by atoms with Crippen LogP contribution in [0.25, 0.3) is 0 Å². The molecule has 0 bridgehead atoms. The Bertz CT molecular complexity index is 317. The van der Waals surface area contributed by atoms with Crippen molar-refractivity contribution in [3.05, 3.63) is 0 Å². The average molecular weight is 300 g/mol. The van der Waals surface area contributed by atoms with Crippen molar-refractivity contribution >= 4 is 11.8 Å². The fourth-order valence-electron chi connectivity index (χ4n) is 3.91. The Kier molecular flexibility index (Phi) is 4.93. The van der Waals surface area contributed by atoms with E-state index in [0.29, 0.717) is 18.7 Å². The van der Waals surface area contributed by atoms with Gasteiger partial charge in [0.05, 0.1) is 17.8 Å². The van der Waals surface area contributed by atoms with Crippen LogP contribution in [0.4, 0.5) is 0 Å². The van der Waals surface area contributed by atoms with E-state index >= 15 is 0 Å². The SMILES string of the molecule is CC1CN(C2CCOC3(CCSCC3)C2)CC(CN)O1. The second-order valence-corrected chi connectivity index (χ2v) is 7.77. The van der Waals surface area contributed by atoms with Gasteiger partial charge in [0.15, 0.2) is 0 Å². The summed E-state index contributed by atoms with van der Waals surface area (Å²) >= 11 is 2.07. The van der Waals surface area contributed by atoms with Gasteiger partial charge in [-0.2, -0.15) is 11.8 Å². The first-order chi connectivity index (χ1) is 9.71. The van der Waals surface area contributed by atoms with Gasteiger partial charge in [0.25, 0.3) is 0 Å². The summed E-state index contributed by atoms with van der Waals surface area (Å²) in [7, 11) is 0. The molecule has 5 heteroatoms. The quantitative estimate of drug-likeness (QED) is 0.837. The van der Waals surface area contributed by atoms with Gasteiger partial charge in [0, 0.05) is 32.3 Å². The summed E-state index contributed by atoms with van der Waals surface area (Å²) in [6.45, 7) is 5.77. The number of morpholine rings is 1. The zero-order valence-electron chi connectivity index (χ0n) is 12.6. The second-order valence-electron chi connectivity index (χ2n) is 6.55. The zero-order valence-corrected chi connectivity index (χ0v) is 13.4. The van der Waals surface area contributed by atoms with Crippen LogP contribution in [0.3, 0.4) is 0 Å². The fraction of sp³-hybridized carbons (Fsp3) is 1.00. The van der Waals surface area contributed by atoms with Gasteiger partial charge < -0.3 is 15.2 Å². The Hall–Kier alpha value is 0.190. The van der Waals surface area contributed by atoms with Crippen molar-refractivity contribution in [2.24, 2.45) is 5.73 Å². The van der Waals surface area contributed by atoms with Crippen molar-refractivity contribution < 1.29 is 9.47 Å². The van der Waals surface area contributed by atoms with Crippen molar-refractivity contribution in [1.82, 2.24) is 4.90 Å². The van der Waals surface area contributed by atoms with Gasteiger partial charge in [0.2, 0.25) is 0 Å². The number of thioether (sulfide) groups is 1. The predicted octanol–water partition coefficient (Wildman–Crippen LogP) is 1.48. The van der Waals surface area contributed by atoms with E-state index in [1.54, 1.807) is 0 Å². The van der Waals surface area contributed by atoms with Gasteiger partial charge in [-0.1, -0.05) is 0 Å². The molecule has 0 aliphatic carbocycles. The second kappa shape index (κ2) is 6.53. The lowest BCUT2D eigenvalue weighted by Crippen LogP contribution is -2.57. The molecule has 0 saturated carbocycles. The summed E-state index contributed by atoms with van der Waals surface area (Å²) in [5.74, 6) is 2.52. The van der Waals surface area contributed by atoms with Crippen molar-refractivity contribution in [3.63, 3.8) is 0 Å². The first-order valence-corrected chi connectivity index (χ1v) is 9.17. The Labute approximate surface area is 126 Å². The van der Waals surface area contributed by atoms with Gasteiger partial charge in [-0.3, -0.25) is 4.90 Å². The molecule has 4 nitrogen and oxygen atoms in total. The third-order valence-corrected chi connectivity index (χ3v) is 5.99. The summed E-state index contributed by atoms with van der Waals surface area (Å²) in [5.41, 5.74) is 5.99. The van der Waals surface area contributed by atoms with Gasteiger partial charge in [-0.25, -0.2) is 0 Å². The molecule has 3 heterocycles. The molecule has 0 aromatic heterocycles. The molecule has 3 aliphatic heterocycles. The zero-order chi connectivity index (χ0) is 14.0. The number of nitrogens with two attached hydrogens (primary N) is 1. The molecule has 20 heavy (non-hydrogen) atoms. The fourth-order valence-corrected chi connectivity index (χ4v) is 5.15. The first kappa shape index (κ1) is 15.1. The number of hydrogen-bond acceptors (Lipinski definition) is 5. The van der Waals surface area contributed by atoms with E-state index in [4.69, 9.17) is 15.2 Å². The van der Waals surface area contributed by atoms with Crippen molar-refractivity contribution in [3.8, 4) is 0 Å². The predicted molar refractivity (Wildman–Crippen MR) is 83.2 cm³/mol. The molecule has 1 spiro atoms. The molecule has 116 valence electrons. The summed E-state index contributed by atoms with van der Waals surface area (Å²) in [6, 6.07) is 0.659. The number of rotatable bonds is 2. The monoisotopic (exact) mass is 300 g/mol. The van der Waals surface area contributed by atoms with Crippen molar-refractivity contribution in [2.45, 2.75) is 56.5 Å². The van der Waals surface area contributed by atoms with E-state index in [-0.39, 0.29) is 11.7 Å². The third-order valence-electron chi connectivity index (χ3n) is 5.00. The Morgan fingerprint density at radius 2 is 2.10 bits per heavy atom. The van der Waals surface area contributed by atoms with Gasteiger partial charge in [-0.15, -0.1) is 0 Å². The van der Waals surface area contributed by atoms with E-state index < -0.39 is 0 Å². The van der Waals surface area contributed by atoms with E-state index in [1.165, 1.54) is 37.2 Å². The van der Waals surface area contributed by atoms with E-state index in [9.17, 15) is 0 Å². The van der Waals surface area contributed by atoms with Crippen LogP contribution >= 0.6 is 11.8 Å². The maximum atomic E-state index is 6.21. The smallest absolute Gasteiger partial charge is 0.0828 e. The van der Waals surface area contributed by atoms with Crippen LogP contribution in [0, 0.1) is 0 Å². The van der Waals surface area contributed by atoms with Crippen LogP contribution in [-0.2, 0) is 9.47 Å². The summed E-state index contributed by atoms with van der Waals surface area (Å²) in [4.78, 5) is 2.62. The van der Waals surface area contributed by atoms with Crippen LogP contribution in [-0.4, -0.2) is 66.5 Å². The largest absolute Gasteiger partial charge is 0.375 e. The minimum absolute atomic E-state index is 0.175. The lowest BCUT2D eigenvalue weighted by atomic mass is 9.84. The highest BCUT2D eigenvalue weighted by Crippen LogP contribution is 2.39. The molecule has 3 rings (SSSR count). The molecular weight excluding hydrogens is 272 g/mol. The highest BCUT2D eigenvalue weighted by atomic mass is 32.2. The minimum Gasteiger partial charge on any atom is -0.375 e. The molecule has 3 unspecified atom stereocenters. The molecule has 0 aromatic rings. The molecule has 3 saturated heterocycles. The van der Waals surface area contributed by atoms with Crippen LogP contribution < -0.4 is 5.73 Å². The molecule has 2 N–H and O–H groups in total. The molecule has 0 amide bonds. The lowest BCUT2D eigenvalue weighted by Gasteiger charge is -2.48. The summed E-state index contributed by atoms with van der Waals surface area (Å²) in [5, 5.41) is 0. The number of nitrogens with zero attached hydrogens (tertiary/aromatic N) is 1. The van der Waals surface area contributed by atoms with Gasteiger partial charge in [-0.05, 0) is 44.1 Å². The van der Waals surface area contributed by atoms with Gasteiger partial charge in [0.1, 0.15) is 0 Å². The maximum absolute atomic E-state index is 6.21. The summed E-state index contributed by atoms with van der Waals surface area (Å²) in [6.07, 6.45) is 5.34. The molecule has 0 radical (unpaired) electrons. The molecule has 3 fully saturated rings.